The average molecular weight is 254 g/mol. The number of rotatable bonds is 4. The Bertz CT molecular complexity index is 271. The molecule has 18 heavy (non-hydrogen) atoms. The van der Waals surface area contributed by atoms with Crippen LogP contribution in [0, 0.1) is 0 Å². The second-order valence-electron chi connectivity index (χ2n) is 6.18. The first-order chi connectivity index (χ1) is 8.66. The highest BCUT2D eigenvalue weighted by atomic mass is 16.5. The molecule has 0 aromatic heterocycles. The van der Waals surface area contributed by atoms with E-state index in [-0.39, 0.29) is 5.54 Å². The number of hydrogen-bond acceptors (Lipinski definition) is 3. The Hall–Kier alpha value is -0.120. The lowest BCUT2D eigenvalue weighted by molar-refractivity contribution is -0.0859. The van der Waals surface area contributed by atoms with Gasteiger partial charge >= 0.3 is 0 Å². The summed E-state index contributed by atoms with van der Waals surface area (Å²) in [6.07, 6.45) is 7.69. The van der Waals surface area contributed by atoms with E-state index in [0.717, 1.165) is 38.5 Å². The van der Waals surface area contributed by atoms with Gasteiger partial charge < -0.3 is 10.5 Å². The van der Waals surface area contributed by atoms with Crippen molar-refractivity contribution in [1.29, 1.82) is 0 Å². The summed E-state index contributed by atoms with van der Waals surface area (Å²) in [5.74, 6) is 0. The number of nitrogens with zero attached hydrogens (tertiary/aromatic N) is 1. The molecule has 2 aliphatic rings. The summed E-state index contributed by atoms with van der Waals surface area (Å²) < 4.78 is 5.87. The topological polar surface area (TPSA) is 38.5 Å². The first-order valence-corrected chi connectivity index (χ1v) is 7.77. The second kappa shape index (κ2) is 5.89. The Morgan fingerprint density at radius 3 is 2.67 bits per heavy atom. The van der Waals surface area contributed by atoms with Crippen molar-refractivity contribution in [3.63, 3.8) is 0 Å². The van der Waals surface area contributed by atoms with Crippen LogP contribution in [0.15, 0.2) is 0 Å². The summed E-state index contributed by atoms with van der Waals surface area (Å²) in [6, 6.07) is 1.42. The zero-order valence-corrected chi connectivity index (χ0v) is 12.3. The van der Waals surface area contributed by atoms with E-state index in [1.165, 1.54) is 19.3 Å². The van der Waals surface area contributed by atoms with E-state index in [1.54, 1.807) is 0 Å². The summed E-state index contributed by atoms with van der Waals surface area (Å²) in [4.78, 5) is 2.76. The van der Waals surface area contributed by atoms with Crippen LogP contribution in [0.2, 0.25) is 0 Å². The van der Waals surface area contributed by atoms with Crippen LogP contribution in [-0.2, 0) is 4.74 Å². The highest BCUT2D eigenvalue weighted by Gasteiger charge is 2.47. The van der Waals surface area contributed by atoms with Gasteiger partial charge in [0.25, 0.3) is 0 Å². The Morgan fingerprint density at radius 2 is 2.06 bits per heavy atom. The molecule has 0 bridgehead atoms. The lowest BCUT2D eigenvalue weighted by Gasteiger charge is -2.50. The number of hydrogen-bond donors (Lipinski definition) is 1. The van der Waals surface area contributed by atoms with Gasteiger partial charge in [-0.05, 0) is 45.4 Å². The molecule has 2 N–H and O–H groups in total. The van der Waals surface area contributed by atoms with Gasteiger partial charge in [0.15, 0.2) is 0 Å². The first-order valence-electron chi connectivity index (χ1n) is 7.77. The van der Waals surface area contributed by atoms with E-state index in [0.29, 0.717) is 12.1 Å². The molecule has 2 fully saturated rings. The van der Waals surface area contributed by atoms with Crippen molar-refractivity contribution in [3.8, 4) is 0 Å². The largest absolute Gasteiger partial charge is 0.378 e. The van der Waals surface area contributed by atoms with Crippen molar-refractivity contribution < 1.29 is 4.74 Å². The van der Waals surface area contributed by atoms with Crippen LogP contribution in [0.25, 0.3) is 0 Å². The van der Waals surface area contributed by atoms with Crippen molar-refractivity contribution in [1.82, 2.24) is 4.90 Å². The van der Waals surface area contributed by atoms with Gasteiger partial charge in [0, 0.05) is 30.8 Å². The van der Waals surface area contributed by atoms with Crippen molar-refractivity contribution in [2.24, 2.45) is 5.73 Å². The molecule has 0 saturated carbocycles. The van der Waals surface area contributed by atoms with Crippen LogP contribution in [0.4, 0.5) is 0 Å². The maximum atomic E-state index is 6.22. The van der Waals surface area contributed by atoms with Gasteiger partial charge in [-0.1, -0.05) is 13.8 Å². The fraction of sp³-hybridized carbons (Fsp3) is 1.00. The maximum Gasteiger partial charge on any atom is 0.0590 e. The molecule has 0 aromatic carbocycles. The molecule has 0 radical (unpaired) electrons. The SMILES string of the molecule is CCC1CC(CN)(N2C(C)CCC2CC)CCO1. The fourth-order valence-corrected chi connectivity index (χ4v) is 4.12. The monoisotopic (exact) mass is 254 g/mol. The van der Waals surface area contributed by atoms with Gasteiger partial charge in [-0.2, -0.15) is 0 Å². The smallest absolute Gasteiger partial charge is 0.0590 e. The van der Waals surface area contributed by atoms with E-state index in [1.807, 2.05) is 0 Å². The Morgan fingerprint density at radius 1 is 1.28 bits per heavy atom. The summed E-state index contributed by atoms with van der Waals surface area (Å²) >= 11 is 0. The van der Waals surface area contributed by atoms with Crippen LogP contribution in [0.5, 0.6) is 0 Å². The number of ether oxygens (including phenoxy) is 1. The third-order valence-corrected chi connectivity index (χ3v) is 5.17. The third-order valence-electron chi connectivity index (χ3n) is 5.17. The van der Waals surface area contributed by atoms with Crippen LogP contribution in [0.1, 0.15) is 59.3 Å². The predicted octanol–water partition coefficient (Wildman–Crippen LogP) is 2.54. The van der Waals surface area contributed by atoms with Crippen LogP contribution in [-0.4, -0.2) is 41.8 Å². The van der Waals surface area contributed by atoms with E-state index < -0.39 is 0 Å². The van der Waals surface area contributed by atoms with Gasteiger partial charge in [-0.15, -0.1) is 0 Å². The van der Waals surface area contributed by atoms with Gasteiger partial charge in [0.1, 0.15) is 0 Å². The quantitative estimate of drug-likeness (QED) is 0.838. The molecular weight excluding hydrogens is 224 g/mol. The molecule has 2 aliphatic heterocycles. The normalized spacial score (nSPS) is 42.3. The first kappa shape index (κ1) is 14.3. The minimum Gasteiger partial charge on any atom is -0.378 e. The van der Waals surface area contributed by atoms with Gasteiger partial charge in [0.2, 0.25) is 0 Å². The molecule has 0 aliphatic carbocycles. The van der Waals surface area contributed by atoms with Crippen molar-refractivity contribution in [3.05, 3.63) is 0 Å². The molecule has 2 saturated heterocycles. The zero-order chi connectivity index (χ0) is 13.2. The standard InChI is InChI=1S/C15H30N2O/c1-4-13-7-6-12(3)17(13)15(11-16)8-9-18-14(5-2)10-15/h12-14H,4-11,16H2,1-3H3. The molecule has 0 amide bonds. The minimum atomic E-state index is 0.204. The molecule has 4 unspecified atom stereocenters. The molecule has 106 valence electrons. The molecule has 3 heteroatoms. The Kier molecular flexibility index (Phi) is 4.68. The molecule has 0 spiro atoms. The Labute approximate surface area is 112 Å². The highest BCUT2D eigenvalue weighted by Crippen LogP contribution is 2.40. The van der Waals surface area contributed by atoms with E-state index >= 15 is 0 Å². The van der Waals surface area contributed by atoms with Gasteiger partial charge in [0.05, 0.1) is 6.10 Å². The predicted molar refractivity (Wildman–Crippen MR) is 75.7 cm³/mol. The van der Waals surface area contributed by atoms with Crippen molar-refractivity contribution in [2.45, 2.75) is 83.0 Å². The van der Waals surface area contributed by atoms with Crippen LogP contribution in [0.3, 0.4) is 0 Å². The van der Waals surface area contributed by atoms with Gasteiger partial charge in [-0.3, -0.25) is 4.90 Å². The summed E-state index contributed by atoms with van der Waals surface area (Å²) in [7, 11) is 0. The van der Waals surface area contributed by atoms with E-state index in [4.69, 9.17) is 10.5 Å². The van der Waals surface area contributed by atoms with Crippen LogP contribution >= 0.6 is 0 Å². The molecule has 3 nitrogen and oxygen atoms in total. The average Bonchev–Trinajstić information content (AvgIpc) is 2.80. The molecule has 2 rings (SSSR count). The zero-order valence-electron chi connectivity index (χ0n) is 12.3. The summed E-state index contributed by atoms with van der Waals surface area (Å²) in [5.41, 5.74) is 6.42. The third kappa shape index (κ3) is 2.45. The molecule has 0 aromatic rings. The fourth-order valence-electron chi connectivity index (χ4n) is 4.12. The summed E-state index contributed by atoms with van der Waals surface area (Å²) in [5, 5.41) is 0. The number of nitrogens with two attached hydrogens (primary N) is 1. The van der Waals surface area contributed by atoms with Crippen molar-refractivity contribution >= 4 is 0 Å². The lowest BCUT2D eigenvalue weighted by Crippen LogP contribution is -2.61. The second-order valence-corrected chi connectivity index (χ2v) is 6.18. The van der Waals surface area contributed by atoms with Crippen molar-refractivity contribution in [2.75, 3.05) is 13.2 Å². The van der Waals surface area contributed by atoms with E-state index in [2.05, 4.69) is 25.7 Å². The molecule has 4 atom stereocenters. The van der Waals surface area contributed by atoms with Gasteiger partial charge in [-0.25, -0.2) is 0 Å². The maximum absolute atomic E-state index is 6.22. The molecule has 2 heterocycles. The number of likely N-dealkylation sites (tertiary alicyclic amines) is 1. The van der Waals surface area contributed by atoms with E-state index in [9.17, 15) is 0 Å². The minimum absolute atomic E-state index is 0.204. The lowest BCUT2D eigenvalue weighted by atomic mass is 9.82. The Balaban J connectivity index is 2.19. The molecular formula is C15H30N2O. The summed E-state index contributed by atoms with van der Waals surface area (Å²) in [6.45, 7) is 8.59. The highest BCUT2D eigenvalue weighted by molar-refractivity contribution is 5.02. The van der Waals surface area contributed by atoms with Crippen LogP contribution < -0.4 is 5.73 Å².